The van der Waals surface area contributed by atoms with Crippen molar-refractivity contribution in [1.29, 1.82) is 0 Å². The maximum Gasteiger partial charge on any atom is 0.407 e. The van der Waals surface area contributed by atoms with Crippen molar-refractivity contribution >= 4 is 23.3 Å². The van der Waals surface area contributed by atoms with E-state index in [2.05, 4.69) is 25.5 Å². The highest BCUT2D eigenvalue weighted by atomic mass is 32.1. The van der Waals surface area contributed by atoms with Crippen LogP contribution in [0.2, 0.25) is 0 Å². The van der Waals surface area contributed by atoms with E-state index in [0.29, 0.717) is 10.8 Å². The molecule has 0 spiro atoms. The summed E-state index contributed by atoms with van der Waals surface area (Å²) in [5, 5.41) is 5.92. The zero-order valence-electron chi connectivity index (χ0n) is 16.4. The van der Waals surface area contributed by atoms with Gasteiger partial charge < -0.3 is 24.7 Å². The molecule has 3 rings (SSSR count). The van der Waals surface area contributed by atoms with Crippen molar-refractivity contribution in [2.75, 3.05) is 20.1 Å². The number of hydrogen-bond acceptors (Lipinski definition) is 8. The van der Waals surface area contributed by atoms with Gasteiger partial charge in [0.25, 0.3) is 5.91 Å². The van der Waals surface area contributed by atoms with Crippen LogP contribution in [0.15, 0.2) is 17.0 Å². The third-order valence-electron chi connectivity index (χ3n) is 4.07. The van der Waals surface area contributed by atoms with E-state index in [9.17, 15) is 9.59 Å². The van der Waals surface area contributed by atoms with Crippen molar-refractivity contribution in [3.05, 3.63) is 33.9 Å². The molecule has 0 unspecified atom stereocenters. The van der Waals surface area contributed by atoms with Gasteiger partial charge in [0.05, 0.1) is 11.9 Å². The minimum Gasteiger partial charge on any atom is -0.446 e. The van der Waals surface area contributed by atoms with Gasteiger partial charge >= 0.3 is 6.09 Å². The van der Waals surface area contributed by atoms with Gasteiger partial charge in [-0.05, 0) is 27.8 Å². The van der Waals surface area contributed by atoms with Crippen molar-refractivity contribution in [2.45, 2.75) is 45.4 Å². The summed E-state index contributed by atoms with van der Waals surface area (Å²) in [5.74, 6) is 0.125. The average Bonchev–Trinajstić information content (AvgIpc) is 3.25. The first-order chi connectivity index (χ1) is 13.2. The Balaban J connectivity index is 1.66. The lowest BCUT2D eigenvalue weighted by molar-refractivity contribution is 0.0518. The fraction of sp³-hybridized carbons (Fsp3) is 0.556. The predicted molar refractivity (Wildman–Crippen MR) is 103 cm³/mol. The normalized spacial score (nSPS) is 15.6. The van der Waals surface area contributed by atoms with Crippen LogP contribution < -0.4 is 10.6 Å². The number of carbonyl (C=O) groups excluding carboxylic acids is 2. The highest BCUT2D eigenvalue weighted by molar-refractivity contribution is 7.13. The Hall–Kier alpha value is -2.46. The maximum absolute atomic E-state index is 12.7. The number of alkyl carbamates (subject to hydrolysis) is 1. The molecule has 1 aliphatic rings. The van der Waals surface area contributed by atoms with Gasteiger partial charge in [-0.15, -0.1) is 11.3 Å². The van der Waals surface area contributed by atoms with Crippen LogP contribution in [0.5, 0.6) is 0 Å². The van der Waals surface area contributed by atoms with Crippen molar-refractivity contribution in [2.24, 2.45) is 0 Å². The number of rotatable bonds is 5. The van der Waals surface area contributed by atoms with Gasteiger partial charge in [-0.3, -0.25) is 4.79 Å². The van der Waals surface area contributed by atoms with Crippen LogP contribution in [0, 0.1) is 0 Å². The molecule has 10 heteroatoms. The number of aromatic nitrogens is 2. The summed E-state index contributed by atoms with van der Waals surface area (Å²) in [6.45, 7) is 7.17. The van der Waals surface area contributed by atoms with Crippen LogP contribution in [0.4, 0.5) is 4.79 Å². The SMILES string of the molecule is CN1CCc2nc(C(=O)N[C@@H](CNC(=O)OC(C)(C)C)c3cnco3)sc2C1. The largest absolute Gasteiger partial charge is 0.446 e. The van der Waals surface area contributed by atoms with E-state index in [1.807, 2.05) is 7.05 Å². The lowest BCUT2D eigenvalue weighted by Gasteiger charge is -2.21. The molecule has 9 nitrogen and oxygen atoms in total. The number of thiazole rings is 1. The topological polar surface area (TPSA) is 110 Å². The highest BCUT2D eigenvalue weighted by Gasteiger charge is 2.25. The summed E-state index contributed by atoms with van der Waals surface area (Å²) < 4.78 is 10.6. The van der Waals surface area contributed by atoms with Crippen LogP contribution in [-0.2, 0) is 17.7 Å². The lowest BCUT2D eigenvalue weighted by atomic mass is 10.2. The Morgan fingerprint density at radius 2 is 2.21 bits per heavy atom. The van der Waals surface area contributed by atoms with E-state index < -0.39 is 17.7 Å². The van der Waals surface area contributed by atoms with Gasteiger partial charge in [0.1, 0.15) is 17.4 Å². The molecule has 0 aromatic carbocycles. The van der Waals surface area contributed by atoms with E-state index in [-0.39, 0.29) is 12.5 Å². The third kappa shape index (κ3) is 5.29. The molecule has 0 aliphatic carbocycles. The maximum atomic E-state index is 12.7. The standard InChI is InChI=1S/C18H25N5O4S/c1-18(2,3)27-17(25)20-7-12(13-8-19-10-26-13)21-15(24)16-22-11-5-6-23(4)9-14(11)28-16/h8,10,12H,5-7,9H2,1-4H3,(H,20,25)(H,21,24)/t12-/m0/s1. The molecule has 1 aliphatic heterocycles. The molecule has 2 N–H and O–H groups in total. The summed E-state index contributed by atoms with van der Waals surface area (Å²) in [5.41, 5.74) is 0.374. The molecule has 0 fully saturated rings. The fourth-order valence-corrected chi connectivity index (χ4v) is 3.85. The van der Waals surface area contributed by atoms with Gasteiger partial charge in [0, 0.05) is 30.9 Å². The molecule has 1 atom stereocenters. The van der Waals surface area contributed by atoms with E-state index in [4.69, 9.17) is 9.15 Å². The Morgan fingerprint density at radius 3 is 2.89 bits per heavy atom. The third-order valence-corrected chi connectivity index (χ3v) is 5.15. The van der Waals surface area contributed by atoms with Crippen LogP contribution in [0.3, 0.4) is 0 Å². The first kappa shape index (κ1) is 20.3. The van der Waals surface area contributed by atoms with Gasteiger partial charge in [0.2, 0.25) is 0 Å². The van der Waals surface area contributed by atoms with Crippen molar-refractivity contribution in [3.8, 4) is 0 Å². The molecule has 28 heavy (non-hydrogen) atoms. The Kier molecular flexibility index (Phi) is 5.99. The highest BCUT2D eigenvalue weighted by Crippen LogP contribution is 2.25. The number of likely N-dealkylation sites (N-methyl/N-ethyl adjacent to an activating group) is 1. The van der Waals surface area contributed by atoms with Crippen molar-refractivity contribution in [1.82, 2.24) is 25.5 Å². The minimum absolute atomic E-state index is 0.101. The number of nitrogens with one attached hydrogen (secondary N) is 2. The average molecular weight is 407 g/mol. The van der Waals surface area contributed by atoms with Gasteiger partial charge in [0.15, 0.2) is 11.4 Å². The van der Waals surface area contributed by atoms with Crippen LogP contribution in [0.1, 0.15) is 52.9 Å². The van der Waals surface area contributed by atoms with E-state index in [1.165, 1.54) is 23.9 Å². The van der Waals surface area contributed by atoms with E-state index in [1.54, 1.807) is 20.8 Å². The molecule has 3 heterocycles. The number of ether oxygens (including phenoxy) is 1. The molecule has 2 amide bonds. The Morgan fingerprint density at radius 1 is 1.43 bits per heavy atom. The number of nitrogens with zero attached hydrogens (tertiary/aromatic N) is 3. The first-order valence-electron chi connectivity index (χ1n) is 9.04. The molecular formula is C18H25N5O4S. The minimum atomic E-state index is -0.609. The molecule has 0 saturated heterocycles. The fourth-order valence-electron chi connectivity index (χ4n) is 2.76. The number of hydrogen-bond donors (Lipinski definition) is 2. The van der Waals surface area contributed by atoms with Gasteiger partial charge in [-0.25, -0.2) is 14.8 Å². The summed E-state index contributed by atoms with van der Waals surface area (Å²) in [4.78, 5) is 36.4. The summed E-state index contributed by atoms with van der Waals surface area (Å²) in [7, 11) is 2.05. The van der Waals surface area contributed by atoms with E-state index >= 15 is 0 Å². The number of amides is 2. The quantitative estimate of drug-likeness (QED) is 0.781. The molecular weight excluding hydrogens is 382 g/mol. The second-order valence-corrected chi connectivity index (χ2v) is 8.77. The Labute approximate surface area is 167 Å². The van der Waals surface area contributed by atoms with E-state index in [0.717, 1.165) is 30.1 Å². The summed E-state index contributed by atoms with van der Waals surface area (Å²) >= 11 is 1.40. The molecule has 2 aromatic heterocycles. The smallest absolute Gasteiger partial charge is 0.407 e. The zero-order valence-corrected chi connectivity index (χ0v) is 17.3. The van der Waals surface area contributed by atoms with Crippen molar-refractivity contribution in [3.63, 3.8) is 0 Å². The van der Waals surface area contributed by atoms with Crippen molar-refractivity contribution < 1.29 is 18.7 Å². The number of oxazole rings is 1. The summed E-state index contributed by atoms with van der Waals surface area (Å²) in [6.07, 6.45) is 3.05. The monoisotopic (exact) mass is 407 g/mol. The molecule has 0 saturated carbocycles. The van der Waals surface area contributed by atoms with Crippen LogP contribution >= 0.6 is 11.3 Å². The Bertz CT molecular complexity index is 828. The zero-order chi connectivity index (χ0) is 20.3. The van der Waals surface area contributed by atoms with Gasteiger partial charge in [-0.2, -0.15) is 0 Å². The van der Waals surface area contributed by atoms with Crippen LogP contribution in [0.25, 0.3) is 0 Å². The van der Waals surface area contributed by atoms with Crippen LogP contribution in [-0.4, -0.2) is 52.6 Å². The number of carbonyl (C=O) groups is 2. The first-order valence-corrected chi connectivity index (χ1v) is 9.86. The second-order valence-electron chi connectivity index (χ2n) is 7.69. The lowest BCUT2D eigenvalue weighted by Crippen LogP contribution is -2.40. The molecule has 0 bridgehead atoms. The second kappa shape index (κ2) is 8.27. The van der Waals surface area contributed by atoms with Gasteiger partial charge in [-0.1, -0.05) is 0 Å². The summed E-state index contributed by atoms with van der Waals surface area (Å²) in [6, 6.07) is -0.592. The molecule has 152 valence electrons. The number of fused-ring (bicyclic) bond motifs is 1. The molecule has 2 aromatic rings. The predicted octanol–water partition coefficient (Wildman–Crippen LogP) is 2.11. The molecule has 0 radical (unpaired) electrons.